The van der Waals surface area contributed by atoms with E-state index >= 15 is 0 Å². The Morgan fingerprint density at radius 3 is 2.67 bits per heavy atom. The first-order valence-corrected chi connectivity index (χ1v) is 2.56. The van der Waals surface area contributed by atoms with Gasteiger partial charge in [0.15, 0.2) is 0 Å². The smallest absolute Gasteiger partial charge is 0.128 e. The normalized spacial score (nSPS) is 8.67. The molecule has 1 aromatic rings. The van der Waals surface area contributed by atoms with E-state index in [1.165, 1.54) is 0 Å². The van der Waals surface area contributed by atoms with Crippen molar-refractivity contribution in [2.45, 2.75) is 0 Å². The van der Waals surface area contributed by atoms with Gasteiger partial charge in [0, 0.05) is 0 Å². The van der Waals surface area contributed by atoms with E-state index in [0.717, 1.165) is 4.78 Å². The molecule has 1 rings (SSSR count). The van der Waals surface area contributed by atoms with Gasteiger partial charge in [0.2, 0.25) is 0 Å². The highest BCUT2D eigenvalue weighted by Gasteiger charge is 1.74. The van der Waals surface area contributed by atoms with Crippen LogP contribution >= 0.6 is 11.3 Å². The highest BCUT2D eigenvalue weighted by molar-refractivity contribution is 7.18. The molecular weight excluding hydrogens is 90.9 g/mol. The van der Waals surface area contributed by atoms with Gasteiger partial charge in [0.25, 0.3) is 0 Å². The molecule has 0 bridgehead atoms. The Morgan fingerprint density at radius 2 is 2.50 bits per heavy atom. The van der Waals surface area contributed by atoms with Gasteiger partial charge >= 0.3 is 0 Å². The van der Waals surface area contributed by atoms with Gasteiger partial charge in [-0.25, -0.2) is 0 Å². The second-order valence-corrected chi connectivity index (χ2v) is 1.99. The Hall–Kier alpha value is -0.235. The van der Waals surface area contributed by atoms with Crippen LogP contribution in [0.5, 0.6) is 0 Å². The number of hydrogen-bond acceptors (Lipinski definition) is 1. The highest BCUT2D eigenvalue weighted by atomic mass is 32.1. The second-order valence-electron chi connectivity index (χ2n) is 1.02. The molecule has 0 saturated heterocycles. The fourth-order valence-electron chi connectivity index (χ4n) is 0.291. The summed E-state index contributed by atoms with van der Waals surface area (Å²) in [4.78, 5) is 0. The lowest BCUT2D eigenvalue weighted by atomic mass is 10.1. The van der Waals surface area contributed by atoms with Crippen LogP contribution in [-0.4, -0.2) is 7.85 Å². The first kappa shape index (κ1) is 3.94. The lowest BCUT2D eigenvalue weighted by Crippen LogP contribution is -1.88. The maximum atomic E-state index is 5.30. The van der Waals surface area contributed by atoms with Crippen molar-refractivity contribution >= 4 is 24.0 Å². The van der Waals surface area contributed by atoms with Gasteiger partial charge in [-0.2, -0.15) is 11.3 Å². The fraction of sp³-hybridized carbons (Fsp3) is 0. The van der Waals surface area contributed by atoms with Gasteiger partial charge in [-0.3, -0.25) is 0 Å². The molecule has 2 radical (unpaired) electrons. The van der Waals surface area contributed by atoms with Crippen molar-refractivity contribution < 1.29 is 0 Å². The Labute approximate surface area is 42.2 Å². The molecule has 0 unspecified atom stereocenters. The molecule has 0 N–H and O–H groups in total. The zero-order chi connectivity index (χ0) is 4.41. The van der Waals surface area contributed by atoms with E-state index in [1.54, 1.807) is 11.3 Å². The molecule has 0 aromatic carbocycles. The molecule has 0 saturated carbocycles. The molecule has 2 heteroatoms. The van der Waals surface area contributed by atoms with Crippen molar-refractivity contribution in [1.82, 2.24) is 0 Å². The largest absolute Gasteiger partial charge is 0.160 e. The zero-order valence-corrected chi connectivity index (χ0v) is 4.03. The van der Waals surface area contributed by atoms with E-state index < -0.39 is 0 Å². The molecule has 0 spiro atoms. The predicted molar refractivity (Wildman–Crippen MR) is 29.7 cm³/mol. The molecule has 0 nitrogen and oxygen atoms in total. The number of thiophene rings is 1. The molecule has 0 atom stereocenters. The standard InChI is InChI=1S/C4H3BS/c5-4-2-1-3-6-4/h1-3H. The van der Waals surface area contributed by atoms with Gasteiger partial charge in [-0.05, 0) is 10.2 Å². The summed E-state index contributed by atoms with van der Waals surface area (Å²) in [5, 5.41) is 1.95. The third kappa shape index (κ3) is 0.629. The summed E-state index contributed by atoms with van der Waals surface area (Å²) < 4.78 is 0.884. The van der Waals surface area contributed by atoms with Gasteiger partial charge in [0.1, 0.15) is 7.85 Å². The summed E-state index contributed by atoms with van der Waals surface area (Å²) in [6, 6.07) is 3.81. The van der Waals surface area contributed by atoms with Crippen molar-refractivity contribution in [3.63, 3.8) is 0 Å². The van der Waals surface area contributed by atoms with Crippen LogP contribution in [0.2, 0.25) is 0 Å². The fourth-order valence-corrected chi connectivity index (χ4v) is 0.763. The second kappa shape index (κ2) is 1.48. The average Bonchev–Trinajstić information content (AvgIpc) is 1.86. The lowest BCUT2D eigenvalue weighted by molar-refractivity contribution is 2.07. The Kier molecular flexibility index (Phi) is 0.969. The molecule has 0 amide bonds. The molecular formula is C4H3BS. The summed E-state index contributed by atoms with van der Waals surface area (Å²) in [5.74, 6) is 0. The van der Waals surface area contributed by atoms with Gasteiger partial charge in [-0.1, -0.05) is 12.1 Å². The minimum atomic E-state index is 0.884. The minimum Gasteiger partial charge on any atom is -0.160 e. The molecule has 1 heterocycles. The molecule has 0 fully saturated rings. The van der Waals surface area contributed by atoms with Crippen molar-refractivity contribution in [2.75, 3.05) is 0 Å². The van der Waals surface area contributed by atoms with E-state index in [0.29, 0.717) is 0 Å². The lowest BCUT2D eigenvalue weighted by Gasteiger charge is -1.66. The Bertz CT molecular complexity index is 111. The van der Waals surface area contributed by atoms with Crippen LogP contribution in [0.3, 0.4) is 0 Å². The van der Waals surface area contributed by atoms with Crippen molar-refractivity contribution in [1.29, 1.82) is 0 Å². The quantitative estimate of drug-likeness (QED) is 0.411. The molecule has 0 aliphatic heterocycles. The maximum absolute atomic E-state index is 5.30. The number of hydrogen-bond donors (Lipinski definition) is 0. The van der Waals surface area contributed by atoms with Gasteiger partial charge < -0.3 is 0 Å². The predicted octanol–water partition coefficient (Wildman–Crippen LogP) is 0.542. The van der Waals surface area contributed by atoms with E-state index in [4.69, 9.17) is 7.85 Å². The van der Waals surface area contributed by atoms with E-state index in [2.05, 4.69) is 0 Å². The van der Waals surface area contributed by atoms with Crippen LogP contribution < -0.4 is 4.78 Å². The van der Waals surface area contributed by atoms with Crippen molar-refractivity contribution in [3.05, 3.63) is 17.5 Å². The zero-order valence-electron chi connectivity index (χ0n) is 3.22. The summed E-state index contributed by atoms with van der Waals surface area (Å²) in [7, 11) is 5.30. The summed E-state index contributed by atoms with van der Waals surface area (Å²) in [6.45, 7) is 0. The van der Waals surface area contributed by atoms with E-state index in [1.807, 2.05) is 17.5 Å². The minimum absolute atomic E-state index is 0.884. The van der Waals surface area contributed by atoms with Crippen LogP contribution in [0.15, 0.2) is 17.5 Å². The van der Waals surface area contributed by atoms with E-state index in [-0.39, 0.29) is 0 Å². The van der Waals surface area contributed by atoms with Crippen molar-refractivity contribution in [2.24, 2.45) is 0 Å². The first-order valence-electron chi connectivity index (χ1n) is 1.68. The summed E-state index contributed by atoms with van der Waals surface area (Å²) >= 11 is 1.56. The molecule has 0 aliphatic carbocycles. The van der Waals surface area contributed by atoms with Crippen molar-refractivity contribution in [3.8, 4) is 0 Å². The van der Waals surface area contributed by atoms with E-state index in [9.17, 15) is 0 Å². The van der Waals surface area contributed by atoms with Crippen LogP contribution in [0, 0.1) is 0 Å². The van der Waals surface area contributed by atoms with Gasteiger partial charge in [0.05, 0.1) is 0 Å². The molecule has 1 aromatic heterocycles. The summed E-state index contributed by atoms with van der Waals surface area (Å²) in [5.41, 5.74) is 0. The summed E-state index contributed by atoms with van der Waals surface area (Å²) in [6.07, 6.45) is 0. The van der Waals surface area contributed by atoms with Gasteiger partial charge in [-0.15, -0.1) is 0 Å². The molecule has 28 valence electrons. The van der Waals surface area contributed by atoms with Crippen LogP contribution in [0.4, 0.5) is 0 Å². The Balaban J connectivity index is 3.05. The maximum Gasteiger partial charge on any atom is 0.128 e. The van der Waals surface area contributed by atoms with Crippen LogP contribution in [0.25, 0.3) is 0 Å². The Morgan fingerprint density at radius 1 is 1.67 bits per heavy atom. The average molecular weight is 93.9 g/mol. The highest BCUT2D eigenvalue weighted by Crippen LogP contribution is 1.87. The topological polar surface area (TPSA) is 0 Å². The third-order valence-electron chi connectivity index (χ3n) is 0.543. The SMILES string of the molecule is [B]c1cccs1. The number of rotatable bonds is 0. The monoisotopic (exact) mass is 94.0 g/mol. The van der Waals surface area contributed by atoms with Crippen LogP contribution in [0.1, 0.15) is 0 Å². The van der Waals surface area contributed by atoms with Crippen LogP contribution in [-0.2, 0) is 0 Å². The molecule has 0 aliphatic rings. The first-order chi connectivity index (χ1) is 2.89. The third-order valence-corrected chi connectivity index (χ3v) is 1.24. The molecule has 6 heavy (non-hydrogen) atoms.